The van der Waals surface area contributed by atoms with Crippen LogP contribution < -0.4 is 15.3 Å². The molecule has 0 aliphatic carbocycles. The van der Waals surface area contributed by atoms with Gasteiger partial charge in [-0.15, -0.1) is 0 Å². The molecule has 1 unspecified atom stereocenters. The quantitative estimate of drug-likeness (QED) is 0.242. The van der Waals surface area contributed by atoms with Crippen molar-refractivity contribution in [3.63, 3.8) is 0 Å². The molecule has 0 aliphatic heterocycles. The lowest BCUT2D eigenvalue weighted by Crippen LogP contribution is -2.27. The number of nitrogens with zero attached hydrogens (tertiary/aromatic N) is 4. The first-order valence-corrected chi connectivity index (χ1v) is 12.0. The van der Waals surface area contributed by atoms with Crippen molar-refractivity contribution in [2.24, 2.45) is 0 Å². The van der Waals surface area contributed by atoms with Crippen molar-refractivity contribution in [1.29, 1.82) is 0 Å². The fourth-order valence-corrected chi connectivity index (χ4v) is 4.41. The predicted octanol–water partition coefficient (Wildman–Crippen LogP) is 3.10. The fourth-order valence-electron chi connectivity index (χ4n) is 2.84. The fraction of sp³-hybridized carbons (Fsp3) is 0.333. The number of esters is 1. The highest BCUT2D eigenvalue weighted by atomic mass is 31.2. The Morgan fingerprint density at radius 2 is 1.97 bits per heavy atom. The second-order valence-corrected chi connectivity index (χ2v) is 9.56. The van der Waals surface area contributed by atoms with Crippen molar-refractivity contribution in [3.8, 4) is 5.75 Å². The average Bonchev–Trinajstić information content (AvgIpc) is 3.16. The molecule has 12 heteroatoms. The second-order valence-electron chi connectivity index (χ2n) is 7.55. The molecule has 33 heavy (non-hydrogen) atoms. The summed E-state index contributed by atoms with van der Waals surface area (Å²) in [5, 5.41) is 7.48. The number of ether oxygens (including phenoxy) is 2. The number of fused-ring (bicyclic) bond motifs is 1. The molecule has 0 fully saturated rings. The van der Waals surface area contributed by atoms with Crippen molar-refractivity contribution in [2.45, 2.75) is 39.5 Å². The predicted molar refractivity (Wildman–Crippen MR) is 123 cm³/mol. The topological polar surface area (TPSA) is 143 Å². The van der Waals surface area contributed by atoms with Crippen molar-refractivity contribution in [2.75, 3.05) is 12.1 Å². The molecule has 0 spiro atoms. The summed E-state index contributed by atoms with van der Waals surface area (Å²) >= 11 is 0. The molecule has 0 saturated carbocycles. The van der Waals surface area contributed by atoms with Crippen LogP contribution in [-0.4, -0.2) is 44.3 Å². The molecular weight excluding hydrogens is 447 g/mol. The van der Waals surface area contributed by atoms with Gasteiger partial charge in [0.15, 0.2) is 12.0 Å². The Labute approximate surface area is 191 Å². The van der Waals surface area contributed by atoms with Gasteiger partial charge >= 0.3 is 13.5 Å². The number of anilines is 1. The number of para-hydroxylation sites is 1. The first-order chi connectivity index (χ1) is 15.7. The van der Waals surface area contributed by atoms with E-state index < -0.39 is 19.6 Å². The zero-order valence-electron chi connectivity index (χ0n) is 18.7. The van der Waals surface area contributed by atoms with E-state index in [0.29, 0.717) is 29.1 Å². The van der Waals surface area contributed by atoms with Crippen LogP contribution in [0.1, 0.15) is 20.8 Å². The minimum atomic E-state index is -3.74. The first-order valence-electron chi connectivity index (χ1n) is 10.2. The van der Waals surface area contributed by atoms with Gasteiger partial charge in [0.25, 0.3) is 0 Å². The molecule has 11 nitrogen and oxygen atoms in total. The largest absolute Gasteiger partial charge is 0.458 e. The van der Waals surface area contributed by atoms with Crippen LogP contribution in [0, 0.1) is 0 Å². The van der Waals surface area contributed by atoms with E-state index in [1.54, 1.807) is 62.0 Å². The van der Waals surface area contributed by atoms with E-state index in [-0.39, 0.29) is 18.1 Å². The van der Waals surface area contributed by atoms with Gasteiger partial charge in [0.1, 0.15) is 23.6 Å². The Hall–Kier alpha value is -3.43. The maximum Gasteiger partial charge on any atom is 0.366 e. The van der Waals surface area contributed by atoms with Crippen LogP contribution >= 0.6 is 7.52 Å². The van der Waals surface area contributed by atoms with E-state index in [2.05, 4.69) is 26.7 Å². The molecule has 2 atom stereocenters. The first kappa shape index (κ1) is 24.2. The minimum Gasteiger partial charge on any atom is -0.458 e. The van der Waals surface area contributed by atoms with E-state index >= 15 is 0 Å². The van der Waals surface area contributed by atoms with Crippen LogP contribution in [0.2, 0.25) is 0 Å². The van der Waals surface area contributed by atoms with Gasteiger partial charge in [-0.2, -0.15) is 5.10 Å². The summed E-state index contributed by atoms with van der Waals surface area (Å²) in [5.41, 5.74) is 6.22. The highest BCUT2D eigenvalue weighted by molar-refractivity contribution is 7.57. The molecule has 3 rings (SSSR count). The van der Waals surface area contributed by atoms with Crippen molar-refractivity contribution in [3.05, 3.63) is 55.1 Å². The van der Waals surface area contributed by atoms with Gasteiger partial charge in [-0.05, 0) is 32.9 Å². The van der Waals surface area contributed by atoms with E-state index in [1.807, 2.05) is 0 Å². The molecule has 3 N–H and O–H groups in total. The van der Waals surface area contributed by atoms with Gasteiger partial charge in [0.2, 0.25) is 0 Å². The van der Waals surface area contributed by atoms with Crippen molar-refractivity contribution < 1.29 is 23.4 Å². The molecular formula is C21H27N6O5P. The number of nitrogen functional groups attached to an aromatic ring is 1. The van der Waals surface area contributed by atoms with Crippen LogP contribution in [0.3, 0.4) is 0 Å². The van der Waals surface area contributed by atoms with Gasteiger partial charge in [0.05, 0.1) is 30.3 Å². The van der Waals surface area contributed by atoms with Crippen LogP contribution in [-0.2, 0) is 25.4 Å². The monoisotopic (exact) mass is 474 g/mol. The number of rotatable bonds is 11. The lowest BCUT2D eigenvalue weighted by Gasteiger charge is -2.24. The number of carbonyl (C=O) groups is 1. The molecule has 0 aliphatic rings. The standard InChI is InChI=1S/C21H27N6O5P/c1-14(2)31-21(28)16(4)26-33(29,32-17-8-6-5-7-9-17)13-30-15(3)11-27-20-18(10-25-27)19(22)23-12-24-20/h5-10,12,14-15H,4,11,13H2,1-3H3,(H,26,29)(H2,22,23,24)/t15-,33?/m1/s1. The summed E-state index contributed by atoms with van der Waals surface area (Å²) in [6, 6.07) is 8.57. The van der Waals surface area contributed by atoms with E-state index in [0.717, 1.165) is 0 Å². The number of hydrogen-bond donors (Lipinski definition) is 2. The zero-order valence-corrected chi connectivity index (χ0v) is 19.6. The number of nitrogens with one attached hydrogen (secondary N) is 1. The zero-order chi connectivity index (χ0) is 24.0. The highest BCUT2D eigenvalue weighted by Crippen LogP contribution is 2.44. The SMILES string of the molecule is C=C(NP(=O)(CO[C@H](C)Cn1ncc2c(N)ncnc21)Oc1ccccc1)C(=O)OC(C)C. The summed E-state index contributed by atoms with van der Waals surface area (Å²) in [6.45, 7) is 9.13. The maximum atomic E-state index is 13.6. The summed E-state index contributed by atoms with van der Waals surface area (Å²) in [4.78, 5) is 20.3. The van der Waals surface area contributed by atoms with Gasteiger partial charge in [-0.3, -0.25) is 9.65 Å². The number of carbonyl (C=O) groups excluding carboxylic acids is 1. The lowest BCUT2D eigenvalue weighted by atomic mass is 10.3. The summed E-state index contributed by atoms with van der Waals surface area (Å²) in [5.74, 6) is -0.0494. The number of aromatic nitrogens is 4. The normalized spacial score (nSPS) is 13.9. The van der Waals surface area contributed by atoms with Gasteiger partial charge in [0, 0.05) is 0 Å². The minimum absolute atomic E-state index is 0.190. The maximum absolute atomic E-state index is 13.6. The van der Waals surface area contributed by atoms with Crippen molar-refractivity contribution >= 4 is 30.3 Å². The summed E-state index contributed by atoms with van der Waals surface area (Å²) < 4.78 is 31.8. The van der Waals surface area contributed by atoms with Gasteiger partial charge in [-0.25, -0.2) is 19.4 Å². The molecule has 1 aromatic carbocycles. The number of nitrogens with two attached hydrogens (primary N) is 1. The van der Waals surface area contributed by atoms with E-state index in [1.165, 1.54) is 6.33 Å². The van der Waals surface area contributed by atoms with Gasteiger partial charge in [-0.1, -0.05) is 24.8 Å². The van der Waals surface area contributed by atoms with E-state index in [9.17, 15) is 9.36 Å². The molecule has 3 aromatic rings. The number of hydrogen-bond acceptors (Lipinski definition) is 9. The highest BCUT2D eigenvalue weighted by Gasteiger charge is 2.30. The molecule has 2 aromatic heterocycles. The third-order valence-electron chi connectivity index (χ3n) is 4.31. The third-order valence-corrected chi connectivity index (χ3v) is 5.92. The molecule has 0 amide bonds. The molecule has 176 valence electrons. The van der Waals surface area contributed by atoms with Crippen LogP contribution in [0.5, 0.6) is 5.75 Å². The molecule has 2 heterocycles. The van der Waals surface area contributed by atoms with Gasteiger partial charge < -0.3 is 19.7 Å². The Morgan fingerprint density at radius 1 is 1.24 bits per heavy atom. The molecule has 0 saturated heterocycles. The summed E-state index contributed by atoms with van der Waals surface area (Å²) in [7, 11) is -3.74. The van der Waals surface area contributed by atoms with E-state index in [4.69, 9.17) is 19.7 Å². The molecule has 0 radical (unpaired) electrons. The Morgan fingerprint density at radius 3 is 2.67 bits per heavy atom. The third kappa shape index (κ3) is 6.53. The molecule has 0 bridgehead atoms. The Balaban J connectivity index is 1.70. The number of benzene rings is 1. The van der Waals surface area contributed by atoms with Crippen LogP contribution in [0.25, 0.3) is 11.0 Å². The van der Waals surface area contributed by atoms with Crippen molar-refractivity contribution in [1.82, 2.24) is 24.8 Å². The van der Waals surface area contributed by atoms with Crippen LogP contribution in [0.4, 0.5) is 5.82 Å². The Kier molecular flexibility index (Phi) is 7.67. The second kappa shape index (κ2) is 10.5. The smallest absolute Gasteiger partial charge is 0.366 e. The average molecular weight is 474 g/mol. The summed E-state index contributed by atoms with van der Waals surface area (Å²) in [6.07, 6.45) is 1.80. The lowest BCUT2D eigenvalue weighted by molar-refractivity contribution is -0.142. The van der Waals surface area contributed by atoms with Crippen LogP contribution in [0.15, 0.2) is 55.1 Å². The Bertz CT molecular complexity index is 1170.